The van der Waals surface area contributed by atoms with E-state index in [-0.39, 0.29) is 12.1 Å². The Morgan fingerprint density at radius 1 is 1.33 bits per heavy atom. The molecular formula is C15H25N3. The van der Waals surface area contributed by atoms with Gasteiger partial charge in [-0.05, 0) is 43.9 Å². The van der Waals surface area contributed by atoms with Gasteiger partial charge in [0.2, 0.25) is 0 Å². The fraction of sp³-hybridized carbons (Fsp3) is 0.667. The van der Waals surface area contributed by atoms with Gasteiger partial charge in [0.25, 0.3) is 0 Å². The van der Waals surface area contributed by atoms with Crippen molar-refractivity contribution in [3.8, 4) is 0 Å². The molecule has 0 aromatic carbocycles. The predicted molar refractivity (Wildman–Crippen MR) is 75.1 cm³/mol. The first-order chi connectivity index (χ1) is 8.59. The summed E-state index contributed by atoms with van der Waals surface area (Å²) in [5.74, 6) is 1.56. The van der Waals surface area contributed by atoms with E-state index in [1.54, 1.807) is 0 Å². The summed E-state index contributed by atoms with van der Waals surface area (Å²) in [6.45, 7) is 9.01. The fourth-order valence-corrected chi connectivity index (χ4v) is 2.95. The molecule has 2 rings (SSSR count). The third-order valence-electron chi connectivity index (χ3n) is 4.08. The van der Waals surface area contributed by atoms with Gasteiger partial charge in [0.15, 0.2) is 0 Å². The summed E-state index contributed by atoms with van der Waals surface area (Å²) in [6, 6.07) is 6.48. The van der Waals surface area contributed by atoms with Crippen molar-refractivity contribution in [1.82, 2.24) is 9.88 Å². The van der Waals surface area contributed by atoms with Gasteiger partial charge in [0.1, 0.15) is 0 Å². The molecular weight excluding hydrogens is 222 g/mol. The second-order valence-corrected chi connectivity index (χ2v) is 5.85. The second kappa shape index (κ2) is 5.81. The summed E-state index contributed by atoms with van der Waals surface area (Å²) in [7, 11) is 0. The number of likely N-dealkylation sites (tertiary alicyclic amines) is 1. The van der Waals surface area contributed by atoms with Crippen LogP contribution in [-0.4, -0.2) is 29.0 Å². The average molecular weight is 247 g/mol. The van der Waals surface area contributed by atoms with Crippen molar-refractivity contribution in [2.45, 2.75) is 39.3 Å². The second-order valence-electron chi connectivity index (χ2n) is 5.85. The standard InChI is InChI=1S/C15H25N3/c1-11(2)13-7-9-18(10-13)15(12(3)16)14-6-4-5-8-17-14/h4-6,8,11-13,15H,7,9-10,16H2,1-3H3. The molecule has 1 aliphatic rings. The largest absolute Gasteiger partial charge is 0.326 e. The zero-order valence-electron chi connectivity index (χ0n) is 11.7. The molecule has 0 bridgehead atoms. The normalized spacial score (nSPS) is 24.4. The van der Waals surface area contributed by atoms with Gasteiger partial charge in [-0.25, -0.2) is 0 Å². The topological polar surface area (TPSA) is 42.2 Å². The van der Waals surface area contributed by atoms with Crippen molar-refractivity contribution >= 4 is 0 Å². The van der Waals surface area contributed by atoms with E-state index in [2.05, 4.69) is 36.7 Å². The lowest BCUT2D eigenvalue weighted by Crippen LogP contribution is -2.39. The fourth-order valence-electron chi connectivity index (χ4n) is 2.95. The van der Waals surface area contributed by atoms with Crippen LogP contribution in [0.3, 0.4) is 0 Å². The Labute approximate surface area is 110 Å². The highest BCUT2D eigenvalue weighted by molar-refractivity contribution is 5.11. The van der Waals surface area contributed by atoms with Crippen LogP contribution in [0.5, 0.6) is 0 Å². The van der Waals surface area contributed by atoms with E-state index in [0.29, 0.717) is 0 Å². The lowest BCUT2D eigenvalue weighted by atomic mass is 9.95. The first-order valence-electron chi connectivity index (χ1n) is 7.00. The molecule has 18 heavy (non-hydrogen) atoms. The van der Waals surface area contributed by atoms with E-state index in [0.717, 1.165) is 30.6 Å². The van der Waals surface area contributed by atoms with Crippen molar-refractivity contribution in [3.63, 3.8) is 0 Å². The minimum atomic E-state index is 0.116. The molecule has 1 aromatic heterocycles. The number of nitrogens with zero attached hydrogens (tertiary/aromatic N) is 2. The molecule has 1 aromatic rings. The van der Waals surface area contributed by atoms with E-state index in [1.807, 2.05) is 18.3 Å². The maximum absolute atomic E-state index is 6.19. The van der Waals surface area contributed by atoms with Gasteiger partial charge in [-0.15, -0.1) is 0 Å². The molecule has 0 aliphatic carbocycles. The van der Waals surface area contributed by atoms with Gasteiger partial charge in [0, 0.05) is 18.8 Å². The van der Waals surface area contributed by atoms with Gasteiger partial charge in [-0.1, -0.05) is 19.9 Å². The maximum atomic E-state index is 6.19. The van der Waals surface area contributed by atoms with Gasteiger partial charge in [-0.3, -0.25) is 9.88 Å². The highest BCUT2D eigenvalue weighted by Crippen LogP contribution is 2.31. The highest BCUT2D eigenvalue weighted by atomic mass is 15.2. The molecule has 1 aliphatic heterocycles. The lowest BCUT2D eigenvalue weighted by Gasteiger charge is -2.30. The molecule has 1 fully saturated rings. The van der Waals surface area contributed by atoms with Crippen LogP contribution in [0.25, 0.3) is 0 Å². The maximum Gasteiger partial charge on any atom is 0.0671 e. The first-order valence-corrected chi connectivity index (χ1v) is 7.00. The van der Waals surface area contributed by atoms with Crippen LogP contribution in [0, 0.1) is 11.8 Å². The van der Waals surface area contributed by atoms with Crippen LogP contribution in [0.2, 0.25) is 0 Å². The summed E-state index contributed by atoms with van der Waals surface area (Å²) in [5.41, 5.74) is 7.30. The van der Waals surface area contributed by atoms with Crippen molar-refractivity contribution < 1.29 is 0 Å². The zero-order chi connectivity index (χ0) is 13.1. The minimum absolute atomic E-state index is 0.116. The van der Waals surface area contributed by atoms with Crippen molar-refractivity contribution in [2.75, 3.05) is 13.1 Å². The van der Waals surface area contributed by atoms with E-state index in [1.165, 1.54) is 6.42 Å². The molecule has 2 heterocycles. The van der Waals surface area contributed by atoms with Crippen molar-refractivity contribution in [3.05, 3.63) is 30.1 Å². The van der Waals surface area contributed by atoms with E-state index >= 15 is 0 Å². The molecule has 100 valence electrons. The summed E-state index contributed by atoms with van der Waals surface area (Å²) in [4.78, 5) is 7.00. The third kappa shape index (κ3) is 2.90. The molecule has 2 N–H and O–H groups in total. The van der Waals surface area contributed by atoms with Crippen molar-refractivity contribution in [2.24, 2.45) is 17.6 Å². The van der Waals surface area contributed by atoms with E-state index in [4.69, 9.17) is 5.73 Å². The zero-order valence-corrected chi connectivity index (χ0v) is 11.7. The SMILES string of the molecule is CC(C)C1CCN(C(c2ccccn2)C(C)N)C1. The molecule has 1 saturated heterocycles. The molecule has 0 amide bonds. The van der Waals surface area contributed by atoms with Gasteiger partial charge >= 0.3 is 0 Å². The van der Waals surface area contributed by atoms with E-state index in [9.17, 15) is 0 Å². The number of aromatic nitrogens is 1. The van der Waals surface area contributed by atoms with Crippen LogP contribution in [0.15, 0.2) is 24.4 Å². The van der Waals surface area contributed by atoms with Crippen LogP contribution < -0.4 is 5.73 Å². The number of hydrogen-bond acceptors (Lipinski definition) is 3. The molecule has 3 nitrogen and oxygen atoms in total. The van der Waals surface area contributed by atoms with E-state index < -0.39 is 0 Å². The Hall–Kier alpha value is -0.930. The number of pyridine rings is 1. The molecule has 0 spiro atoms. The van der Waals surface area contributed by atoms with Gasteiger partial charge in [0.05, 0.1) is 11.7 Å². The van der Waals surface area contributed by atoms with Gasteiger partial charge in [-0.2, -0.15) is 0 Å². The van der Waals surface area contributed by atoms with Crippen LogP contribution in [0.1, 0.15) is 38.9 Å². The minimum Gasteiger partial charge on any atom is -0.326 e. The Morgan fingerprint density at radius 2 is 2.11 bits per heavy atom. The summed E-state index contributed by atoms with van der Waals surface area (Å²) < 4.78 is 0. The number of rotatable bonds is 4. The predicted octanol–water partition coefficient (Wildman–Crippen LogP) is 2.45. The third-order valence-corrected chi connectivity index (χ3v) is 4.08. The van der Waals surface area contributed by atoms with Crippen LogP contribution in [-0.2, 0) is 0 Å². The number of hydrogen-bond donors (Lipinski definition) is 1. The Morgan fingerprint density at radius 3 is 2.61 bits per heavy atom. The summed E-state index contributed by atoms with van der Waals surface area (Å²) >= 11 is 0. The molecule has 3 unspecified atom stereocenters. The summed E-state index contributed by atoms with van der Waals surface area (Å²) in [5, 5.41) is 0. The summed E-state index contributed by atoms with van der Waals surface area (Å²) in [6.07, 6.45) is 3.15. The molecule has 3 heteroatoms. The molecule has 0 saturated carbocycles. The Kier molecular flexibility index (Phi) is 4.36. The van der Waals surface area contributed by atoms with Gasteiger partial charge < -0.3 is 5.73 Å². The highest BCUT2D eigenvalue weighted by Gasteiger charge is 2.32. The number of nitrogens with two attached hydrogens (primary N) is 1. The van der Waals surface area contributed by atoms with Crippen molar-refractivity contribution in [1.29, 1.82) is 0 Å². The molecule has 3 atom stereocenters. The monoisotopic (exact) mass is 247 g/mol. The smallest absolute Gasteiger partial charge is 0.0671 e. The first kappa shape index (κ1) is 13.5. The average Bonchev–Trinajstić information content (AvgIpc) is 2.79. The Balaban J connectivity index is 2.13. The lowest BCUT2D eigenvalue weighted by molar-refractivity contribution is 0.200. The van der Waals surface area contributed by atoms with Crippen LogP contribution >= 0.6 is 0 Å². The quantitative estimate of drug-likeness (QED) is 0.888. The Bertz CT molecular complexity index is 361. The van der Waals surface area contributed by atoms with Crippen LogP contribution in [0.4, 0.5) is 0 Å². The molecule has 0 radical (unpaired) electrons.